The molecule has 182 valence electrons. The number of carbonyl (C=O) groups excluding carboxylic acids is 1. The summed E-state index contributed by atoms with van der Waals surface area (Å²) in [5.74, 6) is -0.622. The molecule has 0 saturated carbocycles. The van der Waals surface area contributed by atoms with E-state index in [1.807, 2.05) is 53.4 Å². The minimum Gasteiger partial charge on any atom is -0.488 e. The van der Waals surface area contributed by atoms with Gasteiger partial charge >= 0.3 is 5.97 Å². The van der Waals surface area contributed by atoms with Crippen LogP contribution in [-0.2, 0) is 22.7 Å². The van der Waals surface area contributed by atoms with Gasteiger partial charge < -0.3 is 24.4 Å². The molecule has 0 unspecified atom stereocenters. The van der Waals surface area contributed by atoms with Gasteiger partial charge in [0.25, 0.3) is 0 Å². The molecular formula is C27H27ClN2O5. The zero-order valence-electron chi connectivity index (χ0n) is 19.4. The van der Waals surface area contributed by atoms with Gasteiger partial charge in [-0.15, -0.1) is 0 Å². The first kappa shape index (κ1) is 24.6. The molecule has 0 aromatic heterocycles. The van der Waals surface area contributed by atoms with Gasteiger partial charge in [-0.2, -0.15) is 0 Å². The third kappa shape index (κ3) is 5.93. The van der Waals surface area contributed by atoms with Crippen molar-refractivity contribution < 1.29 is 24.2 Å². The summed E-state index contributed by atoms with van der Waals surface area (Å²) in [5.41, 5.74) is 2.93. The average Bonchev–Trinajstić information content (AvgIpc) is 2.87. The van der Waals surface area contributed by atoms with Gasteiger partial charge in [0.15, 0.2) is 0 Å². The van der Waals surface area contributed by atoms with Crippen LogP contribution in [0, 0.1) is 0 Å². The number of amides is 1. The number of hydrogen-bond donors (Lipinski definition) is 1. The summed E-state index contributed by atoms with van der Waals surface area (Å²) < 4.78 is 11.4. The van der Waals surface area contributed by atoms with Crippen molar-refractivity contribution in [1.82, 2.24) is 0 Å². The molecule has 1 fully saturated rings. The summed E-state index contributed by atoms with van der Waals surface area (Å²) >= 11 is 6.25. The lowest BCUT2D eigenvalue weighted by Crippen LogP contribution is -2.37. The zero-order chi connectivity index (χ0) is 24.8. The van der Waals surface area contributed by atoms with Crippen molar-refractivity contribution in [3.05, 3.63) is 88.4 Å². The molecule has 1 N–H and O–H groups in total. The highest BCUT2D eigenvalue weighted by molar-refractivity contribution is 6.31. The largest absolute Gasteiger partial charge is 0.488 e. The van der Waals surface area contributed by atoms with Gasteiger partial charge in [-0.05, 0) is 30.3 Å². The summed E-state index contributed by atoms with van der Waals surface area (Å²) in [5, 5.41) is 10.5. The first-order valence-electron chi connectivity index (χ1n) is 11.4. The first-order chi connectivity index (χ1) is 16.9. The number of ether oxygens (including phenoxy) is 2. The Balaban J connectivity index is 1.59. The molecule has 8 heteroatoms. The number of carboxylic acid groups (broad SMARTS) is 1. The van der Waals surface area contributed by atoms with Crippen molar-refractivity contribution in [2.75, 3.05) is 36.1 Å². The van der Waals surface area contributed by atoms with Crippen molar-refractivity contribution in [2.45, 2.75) is 20.1 Å². The number of para-hydroxylation sites is 1. The Kier molecular flexibility index (Phi) is 7.90. The standard InChI is InChI=1S/C27H27ClN2O5/c1-19(31)30(22-10-11-25(23(16-22)27(32)33)29-12-14-34-15-13-29)17-20-6-3-5-9-26(20)35-18-21-7-2-4-8-24(21)28/h2-11,16H,12-15,17-18H2,1H3,(H,32,33). The van der Waals surface area contributed by atoms with Crippen molar-refractivity contribution in [1.29, 1.82) is 0 Å². The third-order valence-corrected chi connectivity index (χ3v) is 6.26. The second kappa shape index (κ2) is 11.3. The van der Waals surface area contributed by atoms with E-state index in [0.29, 0.717) is 48.5 Å². The van der Waals surface area contributed by atoms with E-state index in [1.54, 1.807) is 23.1 Å². The fourth-order valence-electron chi connectivity index (χ4n) is 4.04. The maximum Gasteiger partial charge on any atom is 0.337 e. The number of carboxylic acids is 1. The van der Waals surface area contributed by atoms with E-state index >= 15 is 0 Å². The van der Waals surface area contributed by atoms with Gasteiger partial charge in [0.2, 0.25) is 5.91 Å². The number of anilines is 2. The molecule has 7 nitrogen and oxygen atoms in total. The fourth-order valence-corrected chi connectivity index (χ4v) is 4.23. The number of aromatic carboxylic acids is 1. The fraction of sp³-hybridized carbons (Fsp3) is 0.259. The minimum atomic E-state index is -1.04. The van der Waals surface area contributed by atoms with Crippen LogP contribution >= 0.6 is 11.6 Å². The van der Waals surface area contributed by atoms with Crippen LogP contribution in [0.3, 0.4) is 0 Å². The lowest BCUT2D eigenvalue weighted by atomic mass is 10.1. The lowest BCUT2D eigenvalue weighted by Gasteiger charge is -2.31. The molecule has 0 radical (unpaired) electrons. The molecule has 1 amide bonds. The van der Waals surface area contributed by atoms with Crippen LogP contribution in [0.5, 0.6) is 5.75 Å². The predicted molar refractivity (Wildman–Crippen MR) is 136 cm³/mol. The van der Waals surface area contributed by atoms with Gasteiger partial charge in [0.1, 0.15) is 12.4 Å². The molecule has 0 atom stereocenters. The quantitative estimate of drug-likeness (QED) is 0.474. The normalized spacial score (nSPS) is 13.4. The Morgan fingerprint density at radius 1 is 1.03 bits per heavy atom. The number of nitrogens with zero attached hydrogens (tertiary/aromatic N) is 2. The topological polar surface area (TPSA) is 79.3 Å². The summed E-state index contributed by atoms with van der Waals surface area (Å²) in [7, 11) is 0. The van der Waals surface area contributed by atoms with E-state index in [4.69, 9.17) is 21.1 Å². The monoisotopic (exact) mass is 494 g/mol. The van der Waals surface area contributed by atoms with E-state index in [0.717, 1.165) is 11.1 Å². The molecule has 0 bridgehead atoms. The third-order valence-electron chi connectivity index (χ3n) is 5.90. The van der Waals surface area contributed by atoms with Crippen LogP contribution in [0.2, 0.25) is 5.02 Å². The van der Waals surface area contributed by atoms with Crippen LogP contribution in [0.25, 0.3) is 0 Å². The molecule has 1 aliphatic rings. The van der Waals surface area contributed by atoms with Gasteiger partial charge in [-0.1, -0.05) is 48.0 Å². The molecule has 0 aliphatic carbocycles. The van der Waals surface area contributed by atoms with Crippen molar-refractivity contribution in [3.63, 3.8) is 0 Å². The smallest absolute Gasteiger partial charge is 0.337 e. The van der Waals surface area contributed by atoms with E-state index < -0.39 is 5.97 Å². The molecular weight excluding hydrogens is 468 g/mol. The molecule has 35 heavy (non-hydrogen) atoms. The SMILES string of the molecule is CC(=O)N(Cc1ccccc1OCc1ccccc1Cl)c1ccc(N2CCOCC2)c(C(=O)O)c1. The van der Waals surface area contributed by atoms with Crippen molar-refractivity contribution in [2.24, 2.45) is 0 Å². The van der Waals surface area contributed by atoms with Crippen LogP contribution in [0.1, 0.15) is 28.4 Å². The van der Waals surface area contributed by atoms with Gasteiger partial charge in [0, 0.05) is 41.9 Å². The first-order valence-corrected chi connectivity index (χ1v) is 11.7. The highest BCUT2D eigenvalue weighted by Gasteiger charge is 2.22. The number of rotatable bonds is 8. The molecule has 4 rings (SSSR count). The Morgan fingerprint density at radius 3 is 2.40 bits per heavy atom. The second-order valence-electron chi connectivity index (χ2n) is 8.20. The van der Waals surface area contributed by atoms with Crippen molar-refractivity contribution >= 4 is 34.9 Å². The second-order valence-corrected chi connectivity index (χ2v) is 8.61. The van der Waals surface area contributed by atoms with Gasteiger partial charge in [0.05, 0.1) is 31.0 Å². The lowest BCUT2D eigenvalue weighted by molar-refractivity contribution is -0.116. The molecule has 1 heterocycles. The van der Waals surface area contributed by atoms with E-state index in [1.165, 1.54) is 6.92 Å². The van der Waals surface area contributed by atoms with Crippen molar-refractivity contribution in [3.8, 4) is 5.75 Å². The van der Waals surface area contributed by atoms with Gasteiger partial charge in [-0.25, -0.2) is 4.79 Å². The number of benzene rings is 3. The number of carbonyl (C=O) groups is 2. The average molecular weight is 495 g/mol. The molecule has 3 aromatic carbocycles. The highest BCUT2D eigenvalue weighted by atomic mass is 35.5. The summed E-state index contributed by atoms with van der Waals surface area (Å²) in [6.07, 6.45) is 0. The molecule has 1 saturated heterocycles. The van der Waals surface area contributed by atoms with E-state index in [9.17, 15) is 14.7 Å². The minimum absolute atomic E-state index is 0.152. The Labute approximate surface area is 209 Å². The zero-order valence-corrected chi connectivity index (χ0v) is 20.2. The maximum atomic E-state index is 12.6. The number of halogens is 1. The Bertz CT molecular complexity index is 1210. The molecule has 3 aromatic rings. The Morgan fingerprint density at radius 2 is 1.71 bits per heavy atom. The Hall–Kier alpha value is -3.55. The highest BCUT2D eigenvalue weighted by Crippen LogP contribution is 2.30. The maximum absolute atomic E-state index is 12.6. The number of morpholine rings is 1. The van der Waals surface area contributed by atoms with E-state index in [-0.39, 0.29) is 24.6 Å². The summed E-state index contributed by atoms with van der Waals surface area (Å²) in [6, 6.07) is 20.0. The summed E-state index contributed by atoms with van der Waals surface area (Å²) in [6.45, 7) is 4.30. The number of hydrogen-bond acceptors (Lipinski definition) is 5. The predicted octanol–water partition coefficient (Wildman–Crippen LogP) is 5.01. The van der Waals surface area contributed by atoms with Crippen LogP contribution in [-0.4, -0.2) is 43.3 Å². The van der Waals surface area contributed by atoms with Crippen LogP contribution in [0.4, 0.5) is 11.4 Å². The van der Waals surface area contributed by atoms with Crippen LogP contribution < -0.4 is 14.5 Å². The van der Waals surface area contributed by atoms with E-state index in [2.05, 4.69) is 0 Å². The summed E-state index contributed by atoms with van der Waals surface area (Å²) in [4.78, 5) is 28.3. The molecule has 1 aliphatic heterocycles. The van der Waals surface area contributed by atoms with Crippen LogP contribution in [0.15, 0.2) is 66.7 Å². The van der Waals surface area contributed by atoms with Gasteiger partial charge in [-0.3, -0.25) is 4.79 Å². The molecule has 0 spiro atoms.